The summed E-state index contributed by atoms with van der Waals surface area (Å²) >= 11 is 0. The largest absolute Gasteiger partial charge is 0.484 e. The summed E-state index contributed by atoms with van der Waals surface area (Å²) in [6.45, 7) is 9.78. The maximum atomic E-state index is 12.5. The van der Waals surface area contributed by atoms with Crippen LogP contribution in [0.5, 0.6) is 5.75 Å². The van der Waals surface area contributed by atoms with E-state index in [4.69, 9.17) is 4.74 Å². The van der Waals surface area contributed by atoms with Crippen LogP contribution in [0.15, 0.2) is 23.2 Å². The fourth-order valence-electron chi connectivity index (χ4n) is 3.44. The number of aryl methyl sites for hydroxylation is 1. The van der Waals surface area contributed by atoms with Crippen LogP contribution in [0, 0.1) is 12.8 Å². The van der Waals surface area contributed by atoms with Gasteiger partial charge in [0.2, 0.25) is 0 Å². The number of nitrogens with one attached hydrogen (secondary N) is 2. The van der Waals surface area contributed by atoms with Crippen molar-refractivity contribution in [2.75, 3.05) is 39.3 Å². The highest BCUT2D eigenvalue weighted by molar-refractivity contribution is 5.79. The zero-order valence-electron chi connectivity index (χ0n) is 17.6. The summed E-state index contributed by atoms with van der Waals surface area (Å²) in [5.41, 5.74) is 1.48. The Morgan fingerprint density at radius 3 is 2.76 bits per heavy atom. The number of hydrogen-bond acceptors (Lipinski definition) is 3. The molecule has 1 heterocycles. The molecule has 1 aromatic rings. The van der Waals surface area contributed by atoms with Gasteiger partial charge in [-0.1, -0.05) is 19.1 Å². The highest BCUT2D eigenvalue weighted by atomic mass is 19.4. The minimum Gasteiger partial charge on any atom is -0.484 e. The molecule has 164 valence electrons. The summed E-state index contributed by atoms with van der Waals surface area (Å²) in [5, 5.41) is 6.59. The molecule has 1 aromatic carbocycles. The van der Waals surface area contributed by atoms with Crippen molar-refractivity contribution < 1.29 is 17.9 Å². The summed E-state index contributed by atoms with van der Waals surface area (Å²) in [4.78, 5) is 7.02. The Morgan fingerprint density at radius 2 is 2.07 bits per heavy atom. The highest BCUT2D eigenvalue weighted by Crippen LogP contribution is 2.24. The summed E-state index contributed by atoms with van der Waals surface area (Å²) in [5.74, 6) is 1.47. The first kappa shape index (κ1) is 23.3. The van der Waals surface area contributed by atoms with Crippen LogP contribution in [-0.4, -0.2) is 56.4 Å². The molecule has 0 amide bonds. The van der Waals surface area contributed by atoms with Crippen LogP contribution in [0.3, 0.4) is 0 Å². The third-order valence-electron chi connectivity index (χ3n) is 4.97. The third kappa shape index (κ3) is 8.51. The van der Waals surface area contributed by atoms with E-state index in [-0.39, 0.29) is 12.3 Å². The van der Waals surface area contributed by atoms with Crippen molar-refractivity contribution in [1.29, 1.82) is 0 Å². The van der Waals surface area contributed by atoms with Crippen LogP contribution >= 0.6 is 0 Å². The van der Waals surface area contributed by atoms with E-state index in [1.54, 1.807) is 12.1 Å². The lowest BCUT2D eigenvalue weighted by Gasteiger charge is -2.32. The van der Waals surface area contributed by atoms with Gasteiger partial charge in [0.25, 0.3) is 0 Å². The minimum absolute atomic E-state index is 0.229. The molecule has 0 radical (unpaired) electrons. The molecule has 5 nitrogen and oxygen atoms in total. The van der Waals surface area contributed by atoms with Gasteiger partial charge in [-0.15, -0.1) is 0 Å². The number of hydrogen-bond donors (Lipinski definition) is 2. The molecule has 8 heteroatoms. The summed E-state index contributed by atoms with van der Waals surface area (Å²) in [7, 11) is 0. The van der Waals surface area contributed by atoms with Gasteiger partial charge < -0.3 is 20.3 Å². The fraction of sp³-hybridized carbons (Fsp3) is 0.667. The highest BCUT2D eigenvalue weighted by Gasteiger charge is 2.28. The smallest absolute Gasteiger partial charge is 0.422 e. The Labute approximate surface area is 171 Å². The Balaban J connectivity index is 2.00. The Morgan fingerprint density at radius 1 is 1.28 bits per heavy atom. The molecule has 1 atom stereocenters. The molecule has 29 heavy (non-hydrogen) atoms. The summed E-state index contributed by atoms with van der Waals surface area (Å²) in [6, 6.07) is 5.25. The number of piperidine rings is 1. The van der Waals surface area contributed by atoms with E-state index in [2.05, 4.69) is 27.4 Å². The van der Waals surface area contributed by atoms with Crippen LogP contribution in [0.4, 0.5) is 13.2 Å². The first-order chi connectivity index (χ1) is 13.8. The van der Waals surface area contributed by atoms with E-state index >= 15 is 0 Å². The van der Waals surface area contributed by atoms with Crippen molar-refractivity contribution in [1.82, 2.24) is 15.5 Å². The minimum atomic E-state index is -4.37. The van der Waals surface area contributed by atoms with Crippen LogP contribution in [0.25, 0.3) is 0 Å². The van der Waals surface area contributed by atoms with Gasteiger partial charge in [-0.05, 0) is 57.3 Å². The van der Waals surface area contributed by atoms with E-state index in [1.807, 2.05) is 19.9 Å². The first-order valence-electron chi connectivity index (χ1n) is 10.3. The summed E-state index contributed by atoms with van der Waals surface area (Å²) < 4.78 is 42.6. The van der Waals surface area contributed by atoms with Crippen LogP contribution in [0.1, 0.15) is 37.8 Å². The lowest BCUT2D eigenvalue weighted by molar-refractivity contribution is -0.153. The molecule has 0 aliphatic carbocycles. The normalized spacial score (nSPS) is 18.6. The second-order valence-corrected chi connectivity index (χ2v) is 7.49. The number of halogens is 3. The van der Waals surface area contributed by atoms with Crippen molar-refractivity contribution in [2.24, 2.45) is 10.9 Å². The van der Waals surface area contributed by atoms with Gasteiger partial charge in [-0.25, -0.2) is 4.99 Å². The van der Waals surface area contributed by atoms with Gasteiger partial charge in [-0.2, -0.15) is 13.2 Å². The third-order valence-corrected chi connectivity index (χ3v) is 4.97. The molecule has 1 aliphatic rings. The zero-order valence-corrected chi connectivity index (χ0v) is 17.6. The predicted octanol–water partition coefficient (Wildman–Crippen LogP) is 3.72. The molecule has 0 spiro atoms. The molecule has 1 saturated heterocycles. The van der Waals surface area contributed by atoms with Gasteiger partial charge in [0.1, 0.15) is 5.75 Å². The summed E-state index contributed by atoms with van der Waals surface area (Å²) in [6.07, 6.45) is -1.97. The lowest BCUT2D eigenvalue weighted by atomic mass is 9.98. The predicted molar refractivity (Wildman–Crippen MR) is 110 cm³/mol. The average Bonchev–Trinajstić information content (AvgIpc) is 2.69. The number of alkyl halides is 3. The van der Waals surface area contributed by atoms with Gasteiger partial charge >= 0.3 is 6.18 Å². The molecule has 2 rings (SSSR count). The molecule has 2 N–H and O–H groups in total. The molecule has 0 aromatic heterocycles. The zero-order chi connectivity index (χ0) is 21.3. The Hall–Kier alpha value is -1.96. The van der Waals surface area contributed by atoms with Crippen LogP contribution in [0.2, 0.25) is 0 Å². The maximum absolute atomic E-state index is 12.5. The number of ether oxygens (including phenoxy) is 1. The van der Waals surface area contributed by atoms with E-state index in [9.17, 15) is 13.2 Å². The van der Waals surface area contributed by atoms with Gasteiger partial charge in [0.15, 0.2) is 12.6 Å². The molecule has 0 saturated carbocycles. The lowest BCUT2D eigenvalue weighted by Crippen LogP contribution is -2.44. The van der Waals surface area contributed by atoms with E-state index in [1.165, 1.54) is 12.8 Å². The fourth-order valence-corrected chi connectivity index (χ4v) is 3.44. The van der Waals surface area contributed by atoms with E-state index < -0.39 is 12.8 Å². The molecule has 1 fully saturated rings. The molecule has 1 aliphatic heterocycles. The van der Waals surface area contributed by atoms with Crippen molar-refractivity contribution in [3.8, 4) is 5.75 Å². The quantitative estimate of drug-likeness (QED) is 0.503. The number of likely N-dealkylation sites (tertiary alicyclic amines) is 1. The van der Waals surface area contributed by atoms with Crippen LogP contribution < -0.4 is 15.4 Å². The number of rotatable bonds is 8. The monoisotopic (exact) mass is 414 g/mol. The topological polar surface area (TPSA) is 48.9 Å². The second kappa shape index (κ2) is 11.3. The van der Waals surface area contributed by atoms with Gasteiger partial charge in [-0.3, -0.25) is 0 Å². The van der Waals surface area contributed by atoms with Crippen LogP contribution in [-0.2, 0) is 6.54 Å². The standard InChI is InChI=1S/C21H33F3N4O/c1-4-25-20(26-12-17-7-6-10-28(5-2)14-17)27-13-18-9-8-16(3)11-19(18)29-15-21(22,23)24/h8-9,11,17H,4-7,10,12-15H2,1-3H3,(H2,25,26,27). The SMILES string of the molecule is CCNC(=NCc1ccc(C)cc1OCC(F)(F)F)NCC1CCCN(CC)C1. The number of guanidine groups is 1. The molecule has 0 bridgehead atoms. The first-order valence-corrected chi connectivity index (χ1v) is 10.3. The second-order valence-electron chi connectivity index (χ2n) is 7.49. The number of nitrogens with zero attached hydrogens (tertiary/aromatic N) is 2. The average molecular weight is 415 g/mol. The van der Waals surface area contributed by atoms with E-state index in [0.29, 0.717) is 24.0 Å². The maximum Gasteiger partial charge on any atom is 0.422 e. The van der Waals surface area contributed by atoms with Crippen molar-refractivity contribution >= 4 is 5.96 Å². The Bertz CT molecular complexity index is 664. The number of aliphatic imine (C=N–C) groups is 1. The number of benzene rings is 1. The van der Waals surface area contributed by atoms with Crippen molar-refractivity contribution in [3.63, 3.8) is 0 Å². The van der Waals surface area contributed by atoms with Crippen molar-refractivity contribution in [2.45, 2.75) is 46.3 Å². The Kier molecular flexibility index (Phi) is 9.07. The van der Waals surface area contributed by atoms with Gasteiger partial charge in [0, 0.05) is 25.2 Å². The van der Waals surface area contributed by atoms with Gasteiger partial charge in [0.05, 0.1) is 6.54 Å². The molecule has 1 unspecified atom stereocenters. The molecular formula is C21H33F3N4O. The molecular weight excluding hydrogens is 381 g/mol. The van der Waals surface area contributed by atoms with E-state index in [0.717, 1.165) is 31.7 Å². The van der Waals surface area contributed by atoms with Crippen molar-refractivity contribution in [3.05, 3.63) is 29.3 Å².